The number of carbonyl (C=O) groups excluding carboxylic acids is 1. The van der Waals surface area contributed by atoms with Crippen LogP contribution in [0.4, 0.5) is 5.69 Å². The summed E-state index contributed by atoms with van der Waals surface area (Å²) in [6.45, 7) is 2.30. The molecule has 1 aliphatic carbocycles. The maximum Gasteiger partial charge on any atom is 0.260 e. The number of nitrogens with zero attached hydrogens (tertiary/aromatic N) is 6. The molecule has 1 amide bonds. The Morgan fingerprint density at radius 3 is 3.03 bits per heavy atom. The molecule has 4 heterocycles. The highest BCUT2D eigenvalue weighted by molar-refractivity contribution is 7.99. The van der Waals surface area contributed by atoms with Crippen LogP contribution in [0.1, 0.15) is 23.8 Å². The number of thioether (sulfide) groups is 1. The zero-order chi connectivity index (χ0) is 20.9. The standard InChI is InChI=1S/C21H19N7OS2/c1-12-7-8-15-14(9-12)17-18-22-11-23-28(18)20-25-26-21(27(20)19(17)31-15)30-10-16(29)24-13-5-3-2-4-6-13/h2-6,11-12H,7-10H2,1H3,(H,24,29). The summed E-state index contributed by atoms with van der Waals surface area (Å²) in [5.74, 6) is 1.44. The van der Waals surface area contributed by atoms with Crippen LogP contribution >= 0.6 is 23.1 Å². The Labute approximate surface area is 185 Å². The van der Waals surface area contributed by atoms with Gasteiger partial charge in [0.05, 0.1) is 11.1 Å². The molecule has 31 heavy (non-hydrogen) atoms. The Hall–Kier alpha value is -2.98. The molecule has 5 aromatic rings. The van der Waals surface area contributed by atoms with E-state index in [2.05, 4.69) is 32.5 Å². The summed E-state index contributed by atoms with van der Waals surface area (Å²) in [5.41, 5.74) is 3.00. The number of anilines is 1. The van der Waals surface area contributed by atoms with Gasteiger partial charge in [-0.25, -0.2) is 9.38 Å². The summed E-state index contributed by atoms with van der Waals surface area (Å²) < 4.78 is 3.79. The smallest absolute Gasteiger partial charge is 0.260 e. The van der Waals surface area contributed by atoms with Crippen LogP contribution in [0.5, 0.6) is 0 Å². The molecular weight excluding hydrogens is 430 g/mol. The minimum absolute atomic E-state index is 0.0784. The van der Waals surface area contributed by atoms with Gasteiger partial charge in [0.2, 0.25) is 5.91 Å². The molecule has 0 saturated heterocycles. The number of aryl methyl sites for hydroxylation is 1. The fourth-order valence-electron chi connectivity index (χ4n) is 4.21. The van der Waals surface area contributed by atoms with Gasteiger partial charge in [0.1, 0.15) is 11.2 Å². The summed E-state index contributed by atoms with van der Waals surface area (Å²) in [6, 6.07) is 9.46. The Morgan fingerprint density at radius 2 is 2.16 bits per heavy atom. The zero-order valence-corrected chi connectivity index (χ0v) is 18.4. The molecule has 0 spiro atoms. The number of rotatable bonds is 4. The van der Waals surface area contributed by atoms with Gasteiger partial charge in [0.15, 0.2) is 10.8 Å². The Morgan fingerprint density at radius 1 is 1.29 bits per heavy atom. The lowest BCUT2D eigenvalue weighted by atomic mass is 9.89. The minimum Gasteiger partial charge on any atom is -0.325 e. The third-order valence-corrected chi connectivity index (χ3v) is 7.86. The predicted octanol–water partition coefficient (Wildman–Crippen LogP) is 3.84. The van der Waals surface area contributed by atoms with Crippen molar-refractivity contribution in [1.29, 1.82) is 0 Å². The van der Waals surface area contributed by atoms with E-state index in [9.17, 15) is 4.79 Å². The van der Waals surface area contributed by atoms with Crippen molar-refractivity contribution in [2.24, 2.45) is 5.92 Å². The topological polar surface area (TPSA) is 89.5 Å². The van der Waals surface area contributed by atoms with Crippen molar-refractivity contribution in [2.75, 3.05) is 11.1 Å². The van der Waals surface area contributed by atoms with E-state index in [0.717, 1.165) is 34.4 Å². The molecule has 1 aromatic carbocycles. The molecule has 1 atom stereocenters. The Balaban J connectivity index is 1.42. The summed E-state index contributed by atoms with van der Waals surface area (Å²) in [5, 5.41) is 17.9. The van der Waals surface area contributed by atoms with Gasteiger partial charge < -0.3 is 5.32 Å². The first-order chi connectivity index (χ1) is 15.2. The SMILES string of the molecule is CC1CCc2sc3c(c2C1)c1ncnn1c1nnc(SCC(=O)Nc2ccccc2)n31. The van der Waals surface area contributed by atoms with Gasteiger partial charge in [0.25, 0.3) is 5.78 Å². The van der Waals surface area contributed by atoms with Crippen molar-refractivity contribution in [2.45, 2.75) is 31.3 Å². The molecule has 0 bridgehead atoms. The Bertz CT molecular complexity index is 1440. The molecule has 156 valence electrons. The van der Waals surface area contributed by atoms with Crippen molar-refractivity contribution in [3.63, 3.8) is 0 Å². The lowest BCUT2D eigenvalue weighted by molar-refractivity contribution is -0.113. The van der Waals surface area contributed by atoms with Gasteiger partial charge in [-0.15, -0.1) is 21.5 Å². The van der Waals surface area contributed by atoms with Crippen molar-refractivity contribution < 1.29 is 4.79 Å². The minimum atomic E-state index is -0.0784. The van der Waals surface area contributed by atoms with Crippen LogP contribution in [-0.2, 0) is 17.6 Å². The van der Waals surface area contributed by atoms with Crippen LogP contribution in [-0.4, -0.2) is 40.9 Å². The van der Waals surface area contributed by atoms with E-state index >= 15 is 0 Å². The normalized spacial score (nSPS) is 16.2. The number of carbonyl (C=O) groups is 1. The molecule has 0 aliphatic heterocycles. The second-order valence-electron chi connectivity index (χ2n) is 7.85. The first-order valence-electron chi connectivity index (χ1n) is 10.2. The van der Waals surface area contributed by atoms with Crippen molar-refractivity contribution in [3.8, 4) is 0 Å². The number of para-hydroxylation sites is 1. The van der Waals surface area contributed by atoms with E-state index in [0.29, 0.717) is 16.9 Å². The van der Waals surface area contributed by atoms with Gasteiger partial charge in [0, 0.05) is 10.6 Å². The largest absolute Gasteiger partial charge is 0.325 e. The van der Waals surface area contributed by atoms with E-state index < -0.39 is 0 Å². The molecular formula is C21H19N7OS2. The van der Waals surface area contributed by atoms with E-state index in [1.54, 1.807) is 22.2 Å². The van der Waals surface area contributed by atoms with E-state index in [4.69, 9.17) is 0 Å². The molecule has 1 N–H and O–H groups in total. The van der Waals surface area contributed by atoms with E-state index in [1.807, 2.05) is 34.7 Å². The second kappa shape index (κ2) is 7.31. The van der Waals surface area contributed by atoms with Crippen LogP contribution in [0, 0.1) is 5.92 Å². The molecule has 0 fully saturated rings. The number of fused-ring (bicyclic) bond motifs is 8. The lowest BCUT2D eigenvalue weighted by Gasteiger charge is -2.17. The fourth-order valence-corrected chi connectivity index (χ4v) is 6.34. The third kappa shape index (κ3) is 3.09. The van der Waals surface area contributed by atoms with Crippen LogP contribution in [0.3, 0.4) is 0 Å². The van der Waals surface area contributed by atoms with Gasteiger partial charge >= 0.3 is 0 Å². The summed E-state index contributed by atoms with van der Waals surface area (Å²) in [7, 11) is 0. The summed E-state index contributed by atoms with van der Waals surface area (Å²) in [4.78, 5) is 19.5. The van der Waals surface area contributed by atoms with Crippen molar-refractivity contribution >= 4 is 56.3 Å². The number of nitrogens with one attached hydrogen (secondary N) is 1. The number of thiophene rings is 1. The average molecular weight is 450 g/mol. The van der Waals surface area contributed by atoms with Crippen LogP contribution in [0.15, 0.2) is 41.8 Å². The van der Waals surface area contributed by atoms with Crippen molar-refractivity contribution in [1.82, 2.24) is 29.2 Å². The molecule has 1 aliphatic rings. The van der Waals surface area contributed by atoms with Crippen LogP contribution < -0.4 is 5.32 Å². The highest BCUT2D eigenvalue weighted by atomic mass is 32.2. The number of hydrogen-bond donors (Lipinski definition) is 1. The maximum atomic E-state index is 12.5. The van der Waals surface area contributed by atoms with Gasteiger partial charge in [-0.2, -0.15) is 9.61 Å². The third-order valence-electron chi connectivity index (χ3n) is 5.66. The molecule has 0 saturated carbocycles. The number of amides is 1. The lowest BCUT2D eigenvalue weighted by Crippen LogP contribution is -2.14. The predicted molar refractivity (Wildman–Crippen MR) is 122 cm³/mol. The average Bonchev–Trinajstić information content (AvgIpc) is 3.48. The van der Waals surface area contributed by atoms with Gasteiger partial charge in [-0.3, -0.25) is 4.79 Å². The van der Waals surface area contributed by atoms with Crippen LogP contribution in [0.25, 0.3) is 21.6 Å². The molecule has 1 unspecified atom stereocenters. The van der Waals surface area contributed by atoms with Crippen LogP contribution in [0.2, 0.25) is 0 Å². The zero-order valence-electron chi connectivity index (χ0n) is 16.8. The quantitative estimate of drug-likeness (QED) is 0.419. The summed E-state index contributed by atoms with van der Waals surface area (Å²) in [6.07, 6.45) is 4.91. The fraction of sp³-hybridized carbons (Fsp3) is 0.286. The first kappa shape index (κ1) is 18.8. The van der Waals surface area contributed by atoms with Gasteiger partial charge in [-0.1, -0.05) is 36.9 Å². The van der Waals surface area contributed by atoms with E-state index in [1.165, 1.54) is 28.6 Å². The number of aromatic nitrogens is 6. The number of benzene rings is 1. The highest BCUT2D eigenvalue weighted by Gasteiger charge is 2.26. The molecule has 0 radical (unpaired) electrons. The monoisotopic (exact) mass is 449 g/mol. The molecule has 6 rings (SSSR count). The molecule has 4 aromatic heterocycles. The highest BCUT2D eigenvalue weighted by Crippen LogP contribution is 2.40. The Kier molecular flexibility index (Phi) is 4.43. The molecule has 10 heteroatoms. The van der Waals surface area contributed by atoms with E-state index in [-0.39, 0.29) is 11.7 Å². The molecule has 8 nitrogen and oxygen atoms in total. The first-order valence-corrected chi connectivity index (χ1v) is 12.0. The van der Waals surface area contributed by atoms with Gasteiger partial charge in [-0.05, 0) is 42.9 Å². The maximum absolute atomic E-state index is 12.5. The van der Waals surface area contributed by atoms with Crippen molar-refractivity contribution in [3.05, 3.63) is 47.1 Å². The summed E-state index contributed by atoms with van der Waals surface area (Å²) >= 11 is 3.17. The number of hydrogen-bond acceptors (Lipinski definition) is 7. The second-order valence-corrected chi connectivity index (χ2v) is 9.87.